The minimum atomic E-state index is -3.72. The Morgan fingerprint density at radius 3 is 2.44 bits per heavy atom. The van der Waals surface area contributed by atoms with Crippen molar-refractivity contribution in [2.75, 3.05) is 26.5 Å². The Morgan fingerprint density at radius 2 is 1.79 bits per heavy atom. The number of hydrogen-bond donors (Lipinski definition) is 0. The summed E-state index contributed by atoms with van der Waals surface area (Å²) >= 11 is 0.836. The van der Waals surface area contributed by atoms with Crippen molar-refractivity contribution in [3.63, 3.8) is 0 Å². The minimum absolute atomic E-state index is 0.0318. The second-order valence-electron chi connectivity index (χ2n) is 8.08. The van der Waals surface area contributed by atoms with E-state index in [1.165, 1.54) is 19.2 Å². The fourth-order valence-electron chi connectivity index (χ4n) is 3.34. The van der Waals surface area contributed by atoms with Gasteiger partial charge in [0.25, 0.3) is 11.1 Å². The zero-order valence-corrected chi connectivity index (χ0v) is 21.3. The molecule has 2 aromatic carbocycles. The Kier molecular flexibility index (Phi) is 7.93. The standard InChI is InChI=1S/C24H27NO7S2/c1-15(2)18-8-6-16(3)12-20(18)31-11-10-25-23(26)22(33-24(25)27)14-17-7-9-19(21(13-17)30-4)32-34(5,28)29/h6-9,12-15H,10-11H2,1-5H3/b22-14-. The van der Waals surface area contributed by atoms with Crippen molar-refractivity contribution in [2.24, 2.45) is 0 Å². The Bertz CT molecular complexity index is 1240. The predicted molar refractivity (Wildman–Crippen MR) is 132 cm³/mol. The summed E-state index contributed by atoms with van der Waals surface area (Å²) in [4.78, 5) is 26.7. The number of amides is 2. The van der Waals surface area contributed by atoms with Crippen molar-refractivity contribution in [2.45, 2.75) is 26.7 Å². The monoisotopic (exact) mass is 505 g/mol. The molecule has 2 aromatic rings. The van der Waals surface area contributed by atoms with Gasteiger partial charge in [-0.25, -0.2) is 0 Å². The van der Waals surface area contributed by atoms with E-state index in [1.807, 2.05) is 25.1 Å². The summed E-state index contributed by atoms with van der Waals surface area (Å²) in [6.45, 7) is 6.44. The van der Waals surface area contributed by atoms with Gasteiger partial charge >= 0.3 is 10.1 Å². The number of benzene rings is 2. The highest BCUT2D eigenvalue weighted by atomic mass is 32.2. The molecule has 0 saturated carbocycles. The molecule has 34 heavy (non-hydrogen) atoms. The van der Waals surface area contributed by atoms with Crippen LogP contribution < -0.4 is 13.7 Å². The molecule has 2 amide bonds. The number of hydrogen-bond acceptors (Lipinski definition) is 8. The van der Waals surface area contributed by atoms with Crippen LogP contribution in [0.15, 0.2) is 41.3 Å². The molecule has 1 aliphatic rings. The highest BCUT2D eigenvalue weighted by Crippen LogP contribution is 2.35. The van der Waals surface area contributed by atoms with Gasteiger partial charge in [-0.2, -0.15) is 8.42 Å². The molecule has 0 aromatic heterocycles. The molecule has 0 atom stereocenters. The first kappa shape index (κ1) is 25.6. The molecule has 0 bridgehead atoms. The van der Waals surface area contributed by atoms with Gasteiger partial charge < -0.3 is 13.7 Å². The van der Waals surface area contributed by atoms with Crippen molar-refractivity contribution in [3.8, 4) is 17.2 Å². The average molecular weight is 506 g/mol. The Morgan fingerprint density at radius 1 is 1.06 bits per heavy atom. The number of carbonyl (C=O) groups excluding carboxylic acids is 2. The van der Waals surface area contributed by atoms with E-state index in [0.29, 0.717) is 5.56 Å². The molecule has 182 valence electrons. The summed E-state index contributed by atoms with van der Waals surface area (Å²) in [6, 6.07) is 10.5. The second kappa shape index (κ2) is 10.5. The van der Waals surface area contributed by atoms with Gasteiger partial charge in [-0.1, -0.05) is 32.0 Å². The van der Waals surface area contributed by atoms with E-state index in [4.69, 9.17) is 13.7 Å². The molecule has 0 aliphatic carbocycles. The third-order valence-electron chi connectivity index (χ3n) is 4.96. The first-order chi connectivity index (χ1) is 16.0. The van der Waals surface area contributed by atoms with Crippen LogP contribution in [0, 0.1) is 6.92 Å². The van der Waals surface area contributed by atoms with Gasteiger partial charge in [0.15, 0.2) is 11.5 Å². The molecule has 1 fully saturated rings. The van der Waals surface area contributed by atoms with Crippen LogP contribution in [0.25, 0.3) is 6.08 Å². The van der Waals surface area contributed by atoms with Gasteiger partial charge in [-0.15, -0.1) is 0 Å². The van der Waals surface area contributed by atoms with Crippen LogP contribution in [0.4, 0.5) is 4.79 Å². The molecule has 0 spiro atoms. The Labute approximate surface area is 204 Å². The van der Waals surface area contributed by atoms with E-state index >= 15 is 0 Å². The maximum absolute atomic E-state index is 12.8. The maximum Gasteiger partial charge on any atom is 0.306 e. The summed E-state index contributed by atoms with van der Waals surface area (Å²) in [5.41, 5.74) is 2.69. The highest BCUT2D eigenvalue weighted by molar-refractivity contribution is 8.18. The van der Waals surface area contributed by atoms with Crippen molar-refractivity contribution >= 4 is 39.1 Å². The van der Waals surface area contributed by atoms with Crippen LogP contribution in [-0.2, 0) is 14.9 Å². The summed E-state index contributed by atoms with van der Waals surface area (Å²) in [5.74, 6) is 0.834. The first-order valence-electron chi connectivity index (χ1n) is 10.5. The summed E-state index contributed by atoms with van der Waals surface area (Å²) in [7, 11) is -2.35. The minimum Gasteiger partial charge on any atom is -0.493 e. The van der Waals surface area contributed by atoms with Crippen molar-refractivity contribution < 1.29 is 31.7 Å². The van der Waals surface area contributed by atoms with Crippen molar-refractivity contribution in [3.05, 3.63) is 58.0 Å². The highest BCUT2D eigenvalue weighted by Gasteiger charge is 2.35. The topological polar surface area (TPSA) is 99.2 Å². The van der Waals surface area contributed by atoms with E-state index < -0.39 is 16.0 Å². The zero-order chi connectivity index (χ0) is 25.0. The summed E-state index contributed by atoms with van der Waals surface area (Å²) < 4.78 is 38.8. The quantitative estimate of drug-likeness (QED) is 0.361. The molecule has 1 heterocycles. The zero-order valence-electron chi connectivity index (χ0n) is 19.7. The first-order valence-corrected chi connectivity index (χ1v) is 13.2. The van der Waals surface area contributed by atoms with Gasteiger partial charge in [0.05, 0.1) is 24.8 Å². The van der Waals surface area contributed by atoms with E-state index in [2.05, 4.69) is 13.8 Å². The van der Waals surface area contributed by atoms with Gasteiger partial charge in [0.1, 0.15) is 12.4 Å². The smallest absolute Gasteiger partial charge is 0.306 e. The third-order valence-corrected chi connectivity index (χ3v) is 6.35. The number of aryl methyl sites for hydroxylation is 1. The lowest BCUT2D eigenvalue weighted by Crippen LogP contribution is -2.32. The molecule has 8 nitrogen and oxygen atoms in total. The average Bonchev–Trinajstić information content (AvgIpc) is 3.01. The Balaban J connectivity index is 1.71. The molecule has 1 saturated heterocycles. The number of rotatable bonds is 9. The molecule has 1 aliphatic heterocycles. The van der Waals surface area contributed by atoms with Crippen LogP contribution in [0.1, 0.15) is 36.5 Å². The van der Waals surface area contributed by atoms with E-state index in [0.717, 1.165) is 39.8 Å². The number of ether oxygens (including phenoxy) is 2. The number of carbonyl (C=O) groups is 2. The van der Waals surface area contributed by atoms with Crippen molar-refractivity contribution in [1.29, 1.82) is 0 Å². The molecule has 0 radical (unpaired) electrons. The number of imide groups is 1. The third kappa shape index (κ3) is 6.32. The van der Waals surface area contributed by atoms with Gasteiger partial charge in [0, 0.05) is 0 Å². The lowest BCUT2D eigenvalue weighted by atomic mass is 10.0. The maximum atomic E-state index is 12.8. The van der Waals surface area contributed by atoms with E-state index in [9.17, 15) is 18.0 Å². The number of methoxy groups -OCH3 is 1. The molecular weight excluding hydrogens is 478 g/mol. The molecule has 10 heteroatoms. The fraction of sp³-hybridized carbons (Fsp3) is 0.333. The van der Waals surface area contributed by atoms with Gasteiger partial charge in [-0.3, -0.25) is 14.5 Å². The van der Waals surface area contributed by atoms with E-state index in [1.54, 1.807) is 12.1 Å². The predicted octanol–water partition coefficient (Wildman–Crippen LogP) is 4.58. The van der Waals surface area contributed by atoms with Crippen LogP contribution in [0.5, 0.6) is 17.2 Å². The number of nitrogens with zero attached hydrogens (tertiary/aromatic N) is 1. The van der Waals surface area contributed by atoms with Crippen LogP contribution in [0.3, 0.4) is 0 Å². The van der Waals surface area contributed by atoms with Gasteiger partial charge in [0.2, 0.25) is 0 Å². The van der Waals surface area contributed by atoms with Crippen molar-refractivity contribution in [1.82, 2.24) is 4.90 Å². The Hall–Kier alpha value is -2.98. The van der Waals surface area contributed by atoms with Crippen LogP contribution in [-0.4, -0.2) is 51.0 Å². The van der Waals surface area contributed by atoms with Crippen LogP contribution in [0.2, 0.25) is 0 Å². The molecule has 0 unspecified atom stereocenters. The summed E-state index contributed by atoms with van der Waals surface area (Å²) in [6.07, 6.45) is 2.48. The van der Waals surface area contributed by atoms with E-state index in [-0.39, 0.29) is 40.7 Å². The van der Waals surface area contributed by atoms with Gasteiger partial charge in [-0.05, 0) is 65.6 Å². The SMILES string of the molecule is COc1cc(/C=C2\SC(=O)N(CCOc3cc(C)ccc3C(C)C)C2=O)ccc1OS(C)(=O)=O. The number of thioether (sulfide) groups is 1. The molecular formula is C24H27NO7S2. The molecule has 0 N–H and O–H groups in total. The lowest BCUT2D eigenvalue weighted by molar-refractivity contribution is -0.123. The largest absolute Gasteiger partial charge is 0.493 e. The fourth-order valence-corrected chi connectivity index (χ4v) is 4.67. The van der Waals surface area contributed by atoms with Crippen LogP contribution >= 0.6 is 11.8 Å². The molecule has 3 rings (SSSR count). The lowest BCUT2D eigenvalue weighted by Gasteiger charge is -2.17. The normalized spacial score (nSPS) is 15.4. The second-order valence-corrected chi connectivity index (χ2v) is 10.6. The summed E-state index contributed by atoms with van der Waals surface area (Å²) in [5, 5.41) is -0.378.